The molecule has 2 aliphatic heterocycles. The summed E-state index contributed by atoms with van der Waals surface area (Å²) in [5, 5.41) is 3.99. The maximum atomic E-state index is 14.1. The van der Waals surface area contributed by atoms with E-state index in [-0.39, 0.29) is 17.8 Å². The molecule has 214 valence electrons. The van der Waals surface area contributed by atoms with Crippen molar-refractivity contribution in [3.63, 3.8) is 0 Å². The number of H-pyrrole nitrogens is 1. The van der Waals surface area contributed by atoms with E-state index in [9.17, 15) is 14.4 Å². The molecule has 7 rings (SSSR count). The Labute approximate surface area is 248 Å². The van der Waals surface area contributed by atoms with Crippen molar-refractivity contribution in [3.8, 4) is 5.75 Å². The van der Waals surface area contributed by atoms with Crippen molar-refractivity contribution in [3.05, 3.63) is 131 Å². The fourth-order valence-corrected chi connectivity index (χ4v) is 6.27. The number of anilines is 1. The minimum Gasteiger partial charge on any atom is -0.497 e. The van der Waals surface area contributed by atoms with E-state index in [2.05, 4.69) is 10.3 Å². The number of ether oxygens (including phenoxy) is 1. The molecule has 1 saturated heterocycles. The fourth-order valence-electron chi connectivity index (χ4n) is 6.27. The lowest BCUT2D eigenvalue weighted by Crippen LogP contribution is -2.44. The van der Waals surface area contributed by atoms with Gasteiger partial charge in [0.2, 0.25) is 0 Å². The Morgan fingerprint density at radius 3 is 2.37 bits per heavy atom. The Kier molecular flexibility index (Phi) is 6.66. The lowest BCUT2D eigenvalue weighted by atomic mass is 9.89. The van der Waals surface area contributed by atoms with Crippen LogP contribution in [0.3, 0.4) is 0 Å². The zero-order chi connectivity index (χ0) is 29.5. The van der Waals surface area contributed by atoms with E-state index < -0.39 is 12.1 Å². The zero-order valence-corrected chi connectivity index (χ0v) is 23.6. The van der Waals surface area contributed by atoms with Crippen molar-refractivity contribution in [1.29, 1.82) is 0 Å². The number of fused-ring (bicyclic) bond motifs is 4. The molecule has 0 bridgehead atoms. The molecule has 2 N–H and O–H groups in total. The summed E-state index contributed by atoms with van der Waals surface area (Å²) in [6.07, 6.45) is 1.14. The highest BCUT2D eigenvalue weighted by atomic mass is 16.5. The first-order valence-electron chi connectivity index (χ1n) is 14.4. The molecule has 43 heavy (non-hydrogen) atoms. The van der Waals surface area contributed by atoms with Gasteiger partial charge >= 0.3 is 6.03 Å². The first-order chi connectivity index (χ1) is 21.0. The minimum absolute atomic E-state index is 0.205. The number of para-hydroxylation sites is 1. The van der Waals surface area contributed by atoms with Crippen molar-refractivity contribution >= 4 is 34.4 Å². The largest absolute Gasteiger partial charge is 0.497 e. The number of amides is 4. The Bertz CT molecular complexity index is 1830. The van der Waals surface area contributed by atoms with Gasteiger partial charge < -0.3 is 15.0 Å². The number of imide groups is 1. The predicted octanol–water partition coefficient (Wildman–Crippen LogP) is 5.63. The number of hydrogen-bond donors (Lipinski definition) is 2. The third-order valence-corrected chi connectivity index (χ3v) is 8.41. The highest BCUT2D eigenvalue weighted by Gasteiger charge is 2.53. The van der Waals surface area contributed by atoms with Crippen molar-refractivity contribution in [1.82, 2.24) is 15.2 Å². The van der Waals surface area contributed by atoms with Crippen LogP contribution in [0, 0.1) is 0 Å². The second kappa shape index (κ2) is 10.8. The second-order valence-corrected chi connectivity index (χ2v) is 10.9. The average Bonchev–Trinajstić information content (AvgIpc) is 3.54. The quantitative estimate of drug-likeness (QED) is 0.248. The molecule has 2 unspecified atom stereocenters. The molecule has 3 heterocycles. The second-order valence-electron chi connectivity index (χ2n) is 10.9. The number of methoxy groups -OCH3 is 1. The van der Waals surface area contributed by atoms with Gasteiger partial charge in [-0.25, -0.2) is 9.69 Å². The molecule has 0 saturated carbocycles. The van der Waals surface area contributed by atoms with E-state index in [1.807, 2.05) is 78.9 Å². The summed E-state index contributed by atoms with van der Waals surface area (Å²) in [4.78, 5) is 47.3. The summed E-state index contributed by atoms with van der Waals surface area (Å²) in [5.74, 6) is 0.228. The number of nitrogens with one attached hydrogen (secondary N) is 2. The third-order valence-electron chi connectivity index (χ3n) is 8.41. The van der Waals surface area contributed by atoms with Crippen LogP contribution in [0.5, 0.6) is 5.75 Å². The van der Waals surface area contributed by atoms with Crippen molar-refractivity contribution < 1.29 is 19.1 Å². The number of benzene rings is 4. The van der Waals surface area contributed by atoms with Gasteiger partial charge in [-0.15, -0.1) is 0 Å². The molecular weight excluding hydrogens is 540 g/mol. The maximum Gasteiger partial charge on any atom is 0.332 e. The van der Waals surface area contributed by atoms with E-state index in [4.69, 9.17) is 4.74 Å². The van der Waals surface area contributed by atoms with Crippen LogP contribution in [-0.4, -0.2) is 47.4 Å². The number of carbonyl (C=O) groups excluding carboxylic acids is 3. The lowest BCUT2D eigenvalue weighted by molar-refractivity contribution is -0.120. The van der Waals surface area contributed by atoms with Crippen molar-refractivity contribution in [2.24, 2.45) is 0 Å². The van der Waals surface area contributed by atoms with Gasteiger partial charge in [0.25, 0.3) is 11.8 Å². The summed E-state index contributed by atoms with van der Waals surface area (Å²) in [5.41, 5.74) is 5.85. The molecule has 0 spiro atoms. The fraction of sp³-hybridized carbons (Fsp3) is 0.171. The van der Waals surface area contributed by atoms with Crippen molar-refractivity contribution in [2.45, 2.75) is 24.9 Å². The monoisotopic (exact) mass is 570 g/mol. The van der Waals surface area contributed by atoms with Crippen LogP contribution in [0.1, 0.15) is 38.8 Å². The first-order valence-corrected chi connectivity index (χ1v) is 14.4. The number of nitrogens with zero attached hydrogens (tertiary/aromatic N) is 2. The molecule has 0 radical (unpaired) electrons. The van der Waals surface area contributed by atoms with Crippen LogP contribution in [0.4, 0.5) is 10.5 Å². The van der Waals surface area contributed by atoms with Gasteiger partial charge in [0, 0.05) is 35.1 Å². The van der Waals surface area contributed by atoms with Crippen LogP contribution in [0.2, 0.25) is 0 Å². The van der Waals surface area contributed by atoms with Crippen LogP contribution < -0.4 is 15.0 Å². The van der Waals surface area contributed by atoms with Gasteiger partial charge in [-0.1, -0.05) is 60.7 Å². The Balaban J connectivity index is 1.17. The third kappa shape index (κ3) is 4.61. The predicted molar refractivity (Wildman–Crippen MR) is 164 cm³/mol. The number of urea groups is 1. The molecule has 8 heteroatoms. The molecule has 4 amide bonds. The number of hydrogen-bond acceptors (Lipinski definition) is 4. The van der Waals surface area contributed by atoms with Gasteiger partial charge in [-0.2, -0.15) is 0 Å². The van der Waals surface area contributed by atoms with E-state index in [1.165, 1.54) is 4.90 Å². The van der Waals surface area contributed by atoms with Gasteiger partial charge in [0.1, 0.15) is 17.8 Å². The Morgan fingerprint density at radius 1 is 0.907 bits per heavy atom. The first kappa shape index (κ1) is 26.5. The minimum atomic E-state index is -0.660. The number of aromatic amines is 1. The maximum absolute atomic E-state index is 14.1. The summed E-state index contributed by atoms with van der Waals surface area (Å²) < 4.78 is 5.36. The lowest BCUT2D eigenvalue weighted by Gasteiger charge is -2.36. The molecular formula is C35H30N4O4. The van der Waals surface area contributed by atoms with E-state index in [1.54, 1.807) is 36.3 Å². The number of rotatable bonds is 7. The summed E-state index contributed by atoms with van der Waals surface area (Å²) in [6.45, 7) is 0.506. The van der Waals surface area contributed by atoms with Gasteiger partial charge in [-0.3, -0.25) is 14.5 Å². The zero-order valence-electron chi connectivity index (χ0n) is 23.6. The standard InChI is InChI=1S/C35H30N4O4/c1-43-26-17-13-23(14-18-26)32-31-28(27-9-5-6-10-29(27)37-31)21-30-34(41)38(35(42)39(30)32)25-15-11-24(12-16-25)33(40)36-20-19-22-7-3-2-4-8-22/h2-18,30,32,37H,19-21H2,1H3,(H,36,40). The average molecular weight is 571 g/mol. The van der Waals surface area contributed by atoms with Crippen LogP contribution in [0.25, 0.3) is 10.9 Å². The summed E-state index contributed by atoms with van der Waals surface area (Å²) >= 11 is 0. The van der Waals surface area contributed by atoms with Crippen LogP contribution in [0.15, 0.2) is 103 Å². The summed E-state index contributed by atoms with van der Waals surface area (Å²) in [6, 6.07) is 30.7. The smallest absolute Gasteiger partial charge is 0.332 e. The van der Waals surface area contributed by atoms with Crippen LogP contribution >= 0.6 is 0 Å². The van der Waals surface area contributed by atoms with E-state index in [0.29, 0.717) is 30.0 Å². The number of aromatic nitrogens is 1. The van der Waals surface area contributed by atoms with E-state index in [0.717, 1.165) is 39.7 Å². The normalized spacial score (nSPS) is 17.6. The molecule has 1 aromatic heterocycles. The number of carbonyl (C=O) groups is 3. The Morgan fingerprint density at radius 2 is 1.63 bits per heavy atom. The van der Waals surface area contributed by atoms with Gasteiger partial charge in [-0.05, 0) is 65.6 Å². The highest BCUT2D eigenvalue weighted by molar-refractivity contribution is 6.22. The molecule has 2 aliphatic rings. The SMILES string of the molecule is COc1ccc(C2c3[nH]c4ccccc4c3CC3C(=O)N(c4ccc(C(=O)NCCc5ccccc5)cc4)C(=O)N32)cc1. The molecule has 4 aromatic carbocycles. The molecule has 2 atom stereocenters. The summed E-state index contributed by atoms with van der Waals surface area (Å²) in [7, 11) is 1.61. The van der Waals surface area contributed by atoms with Gasteiger partial charge in [0.05, 0.1) is 12.8 Å². The van der Waals surface area contributed by atoms with Gasteiger partial charge in [0.15, 0.2) is 0 Å². The molecule has 5 aromatic rings. The molecule has 0 aliphatic carbocycles. The molecule has 1 fully saturated rings. The topological polar surface area (TPSA) is 94.7 Å². The van der Waals surface area contributed by atoms with Crippen LogP contribution in [-0.2, 0) is 17.6 Å². The molecule has 8 nitrogen and oxygen atoms in total. The van der Waals surface area contributed by atoms with Crippen molar-refractivity contribution in [2.75, 3.05) is 18.6 Å². The Hall–Kier alpha value is -5.37. The van der Waals surface area contributed by atoms with E-state index >= 15 is 0 Å². The highest BCUT2D eigenvalue weighted by Crippen LogP contribution is 2.45.